The van der Waals surface area contributed by atoms with E-state index in [1.54, 1.807) is 27.8 Å². The molecule has 0 fully saturated rings. The monoisotopic (exact) mass is 525 g/mol. The number of hydrogen-bond acceptors (Lipinski definition) is 7. The van der Waals surface area contributed by atoms with Gasteiger partial charge in [-0.2, -0.15) is 0 Å². The van der Waals surface area contributed by atoms with Crippen LogP contribution in [0.5, 0.6) is 0 Å². The Hall–Kier alpha value is -3.69. The zero-order valence-electron chi connectivity index (χ0n) is 23.2. The summed E-state index contributed by atoms with van der Waals surface area (Å²) in [6.07, 6.45) is 4.47. The lowest BCUT2D eigenvalue weighted by Gasteiger charge is -2.33. The number of aromatic nitrogens is 1. The number of fused-ring (bicyclic) bond motifs is 3. The molecule has 2 unspecified atom stereocenters. The Labute approximate surface area is 224 Å². The van der Waals surface area contributed by atoms with Gasteiger partial charge >= 0.3 is 12.2 Å². The van der Waals surface area contributed by atoms with E-state index in [2.05, 4.69) is 20.9 Å². The molecule has 1 aromatic carbocycles. The van der Waals surface area contributed by atoms with Gasteiger partial charge in [0.05, 0.1) is 0 Å². The smallest absolute Gasteiger partial charge is 0.411 e. The first-order valence-electron chi connectivity index (χ1n) is 13.1. The highest BCUT2D eigenvalue weighted by Crippen LogP contribution is 2.34. The molecule has 1 N–H and O–H groups in total. The van der Waals surface area contributed by atoms with Crippen molar-refractivity contribution in [2.45, 2.75) is 52.3 Å². The van der Waals surface area contributed by atoms with Crippen molar-refractivity contribution in [3.8, 4) is 0 Å². The average Bonchev–Trinajstić information content (AvgIpc) is 3.35. The molecule has 10 heteroatoms. The van der Waals surface area contributed by atoms with Gasteiger partial charge in [-0.1, -0.05) is 18.2 Å². The standard InChI is InChI=1S/C28H39N5O5/c1-19-32(17-20-11-12-23-24(25(20)34)21-9-7-8-10-22(21)31(23)6)15-16-33(19)18-37-27(36)30(5)14-13-29-26(35)38-28(2,3)4/h7-10,15-16,19-20H,11-14,17-18H2,1-6H3,(H,29,35). The maximum atomic E-state index is 13.5. The van der Waals surface area contributed by atoms with Crippen LogP contribution in [0.4, 0.5) is 9.59 Å². The highest BCUT2D eigenvalue weighted by molar-refractivity contribution is 6.11. The molecule has 10 nitrogen and oxygen atoms in total. The second-order valence-corrected chi connectivity index (χ2v) is 11.0. The number of ketones is 1. The molecule has 1 aromatic heterocycles. The highest BCUT2D eigenvalue weighted by Gasteiger charge is 2.35. The van der Waals surface area contributed by atoms with E-state index in [9.17, 15) is 14.4 Å². The van der Waals surface area contributed by atoms with Crippen LogP contribution in [0.3, 0.4) is 0 Å². The van der Waals surface area contributed by atoms with E-state index in [4.69, 9.17) is 9.47 Å². The van der Waals surface area contributed by atoms with E-state index in [1.165, 1.54) is 4.90 Å². The third kappa shape index (κ3) is 5.89. The average molecular weight is 526 g/mol. The molecule has 1 aliphatic carbocycles. The fourth-order valence-corrected chi connectivity index (χ4v) is 5.03. The largest absolute Gasteiger partial charge is 0.444 e. The predicted molar refractivity (Wildman–Crippen MR) is 144 cm³/mol. The van der Waals surface area contributed by atoms with Gasteiger partial charge in [-0.15, -0.1) is 0 Å². The Morgan fingerprint density at radius 2 is 1.87 bits per heavy atom. The Balaban J connectivity index is 1.25. The highest BCUT2D eigenvalue weighted by atomic mass is 16.6. The molecule has 0 saturated carbocycles. The first-order chi connectivity index (χ1) is 18.0. The number of ether oxygens (including phenoxy) is 2. The normalized spacial score (nSPS) is 19.1. The number of carbonyl (C=O) groups excluding carboxylic acids is 3. The van der Waals surface area contributed by atoms with E-state index < -0.39 is 17.8 Å². The summed E-state index contributed by atoms with van der Waals surface area (Å²) in [5.41, 5.74) is 2.51. The van der Waals surface area contributed by atoms with Crippen molar-refractivity contribution >= 4 is 28.9 Å². The lowest BCUT2D eigenvalue weighted by molar-refractivity contribution is 0.0327. The van der Waals surface area contributed by atoms with Gasteiger partial charge in [0.15, 0.2) is 12.5 Å². The van der Waals surface area contributed by atoms with Crippen molar-refractivity contribution in [1.29, 1.82) is 0 Å². The molecular weight excluding hydrogens is 486 g/mol. The second-order valence-electron chi connectivity index (χ2n) is 11.0. The van der Waals surface area contributed by atoms with Gasteiger partial charge in [0, 0.05) is 74.2 Å². The summed E-state index contributed by atoms with van der Waals surface area (Å²) in [6.45, 7) is 8.63. The molecule has 2 heterocycles. The van der Waals surface area contributed by atoms with Gasteiger partial charge in [0.2, 0.25) is 0 Å². The Kier molecular flexibility index (Phi) is 7.89. The third-order valence-electron chi connectivity index (χ3n) is 7.18. The maximum absolute atomic E-state index is 13.5. The van der Waals surface area contributed by atoms with Gasteiger partial charge < -0.3 is 34.1 Å². The van der Waals surface area contributed by atoms with Crippen molar-refractivity contribution in [3.63, 3.8) is 0 Å². The quantitative estimate of drug-likeness (QED) is 0.586. The van der Waals surface area contributed by atoms with Crippen molar-refractivity contribution < 1.29 is 23.9 Å². The van der Waals surface area contributed by atoms with Crippen LogP contribution in [0.2, 0.25) is 0 Å². The molecule has 2 atom stereocenters. The molecule has 2 amide bonds. The van der Waals surface area contributed by atoms with Crippen LogP contribution in [0.1, 0.15) is 50.2 Å². The summed E-state index contributed by atoms with van der Waals surface area (Å²) in [4.78, 5) is 43.1. The van der Waals surface area contributed by atoms with Crippen LogP contribution < -0.4 is 5.32 Å². The fraction of sp³-hybridized carbons (Fsp3) is 0.536. The lowest BCUT2D eigenvalue weighted by atomic mass is 9.84. The topological polar surface area (TPSA) is 96.3 Å². The van der Waals surface area contributed by atoms with Crippen LogP contribution in [-0.2, 0) is 22.9 Å². The van der Waals surface area contributed by atoms with Gasteiger partial charge in [-0.05, 0) is 46.6 Å². The van der Waals surface area contributed by atoms with E-state index in [0.29, 0.717) is 6.54 Å². The zero-order valence-corrected chi connectivity index (χ0v) is 23.2. The van der Waals surface area contributed by atoms with Crippen LogP contribution in [0.25, 0.3) is 10.9 Å². The molecule has 1 aliphatic heterocycles. The van der Waals surface area contributed by atoms with Crippen molar-refractivity contribution in [2.24, 2.45) is 13.0 Å². The third-order valence-corrected chi connectivity index (χ3v) is 7.18. The van der Waals surface area contributed by atoms with E-state index in [1.807, 2.05) is 49.5 Å². The van der Waals surface area contributed by atoms with Gasteiger partial charge in [0.25, 0.3) is 0 Å². The summed E-state index contributed by atoms with van der Waals surface area (Å²) in [5, 5.41) is 3.66. The Morgan fingerprint density at radius 3 is 2.61 bits per heavy atom. The molecular formula is C28H39N5O5. The molecule has 206 valence electrons. The molecule has 2 aliphatic rings. The van der Waals surface area contributed by atoms with Crippen LogP contribution in [-0.4, -0.2) is 82.4 Å². The van der Waals surface area contributed by atoms with E-state index >= 15 is 0 Å². The summed E-state index contributed by atoms with van der Waals surface area (Å²) in [7, 11) is 3.65. The fourth-order valence-electron chi connectivity index (χ4n) is 5.03. The number of carbonyl (C=O) groups is 3. The van der Waals surface area contributed by atoms with Gasteiger partial charge in [-0.25, -0.2) is 9.59 Å². The molecule has 38 heavy (non-hydrogen) atoms. The number of aryl methyl sites for hydroxylation is 1. The number of amides is 2. The zero-order chi connectivity index (χ0) is 27.6. The van der Waals surface area contributed by atoms with Gasteiger partial charge in [0.1, 0.15) is 11.8 Å². The van der Waals surface area contributed by atoms with Crippen molar-refractivity contribution in [2.75, 3.05) is 33.4 Å². The lowest BCUT2D eigenvalue weighted by Crippen LogP contribution is -2.43. The minimum absolute atomic E-state index is 0.0522. The number of likely N-dealkylation sites (N-methyl/N-ethyl adjacent to an activating group) is 1. The summed E-state index contributed by atoms with van der Waals surface area (Å²) in [5.74, 6) is 0.113. The second kappa shape index (κ2) is 11.0. The molecule has 0 radical (unpaired) electrons. The van der Waals surface area contributed by atoms with E-state index in [-0.39, 0.29) is 37.7 Å². The Morgan fingerprint density at radius 1 is 1.16 bits per heavy atom. The Bertz CT molecular complexity index is 1230. The van der Waals surface area contributed by atoms with Crippen molar-refractivity contribution in [3.05, 3.63) is 47.9 Å². The number of para-hydroxylation sites is 1. The number of alkyl carbamates (subject to hydrolysis) is 1. The van der Waals surface area contributed by atoms with Crippen LogP contribution >= 0.6 is 0 Å². The number of nitrogens with one attached hydrogen (secondary N) is 1. The molecule has 2 aromatic rings. The van der Waals surface area contributed by atoms with Crippen LogP contribution in [0, 0.1) is 5.92 Å². The molecule has 0 spiro atoms. The number of Topliss-reactive ketones (excluding diaryl/α,β-unsaturated/α-hetero) is 1. The molecule has 0 bridgehead atoms. The van der Waals surface area contributed by atoms with Crippen molar-refractivity contribution in [1.82, 2.24) is 24.6 Å². The minimum atomic E-state index is -0.578. The minimum Gasteiger partial charge on any atom is -0.444 e. The first-order valence-corrected chi connectivity index (χ1v) is 13.1. The first kappa shape index (κ1) is 27.3. The molecule has 0 saturated heterocycles. The number of benzene rings is 1. The van der Waals surface area contributed by atoms with Gasteiger partial charge in [-0.3, -0.25) is 4.79 Å². The number of rotatable bonds is 7. The maximum Gasteiger partial charge on any atom is 0.411 e. The van der Waals surface area contributed by atoms with Crippen LogP contribution in [0.15, 0.2) is 36.7 Å². The summed E-state index contributed by atoms with van der Waals surface area (Å²) in [6, 6.07) is 8.09. The van der Waals surface area contributed by atoms with E-state index in [0.717, 1.165) is 35.0 Å². The number of nitrogens with zero attached hydrogens (tertiary/aromatic N) is 4. The number of hydrogen-bond donors (Lipinski definition) is 1. The SMILES string of the molecule is CC1N(COC(=O)N(C)CCNC(=O)OC(C)(C)C)C=CN1CC1CCc2c(c3ccccc3n2C)C1=O. The summed E-state index contributed by atoms with van der Waals surface area (Å²) >= 11 is 0. The summed E-state index contributed by atoms with van der Waals surface area (Å²) < 4.78 is 12.8. The molecule has 4 rings (SSSR count). The predicted octanol–water partition coefficient (Wildman–Crippen LogP) is 3.91.